The maximum absolute atomic E-state index is 5.28. The Morgan fingerprint density at radius 1 is 1.07 bits per heavy atom. The minimum absolute atomic E-state index is 0.492. The monoisotopic (exact) mass is 238 g/mol. The Balaban J connectivity index is 2.82. The van der Waals surface area contributed by atoms with E-state index in [0.29, 0.717) is 5.75 Å². The molecule has 0 spiro atoms. The van der Waals surface area contributed by atoms with Gasteiger partial charge in [0.15, 0.2) is 0 Å². The third kappa shape index (κ3) is 3.56. The van der Waals surface area contributed by atoms with Gasteiger partial charge in [0, 0.05) is 11.8 Å². The second-order valence-corrected chi connectivity index (χ2v) is 5.05. The number of hydrogen-bond donors (Lipinski definition) is 0. The van der Waals surface area contributed by atoms with Gasteiger partial charge in [0.1, 0.15) is 18.0 Å². The van der Waals surface area contributed by atoms with Gasteiger partial charge in [-0.3, -0.25) is 0 Å². The smallest absolute Gasteiger partial charge is 0.406 e. The van der Waals surface area contributed by atoms with Gasteiger partial charge in [-0.25, -0.2) is 0 Å². The first-order valence-electron chi connectivity index (χ1n) is 3.83. The minimum Gasteiger partial charge on any atom is -0.406 e. The van der Waals surface area contributed by atoms with Gasteiger partial charge >= 0.3 is 6.72 Å². The molecule has 0 radical (unpaired) electrons. The van der Waals surface area contributed by atoms with Crippen molar-refractivity contribution in [2.75, 3.05) is 0 Å². The Labute approximate surface area is 93.6 Å². The predicted molar refractivity (Wildman–Crippen MR) is 61.2 cm³/mol. The van der Waals surface area contributed by atoms with Crippen LogP contribution < -0.4 is 4.52 Å². The van der Waals surface area contributed by atoms with Crippen molar-refractivity contribution in [1.29, 1.82) is 0 Å². The standard InChI is InChI=1S/C10H7O3PS/c1-3-11-14(15,12-4-2)13-10-8-6-5-7-9-10/h1-2,5-9H. The molecule has 0 aromatic heterocycles. The lowest BCUT2D eigenvalue weighted by molar-refractivity contribution is 0.352. The van der Waals surface area contributed by atoms with E-state index >= 15 is 0 Å². The molecule has 0 unspecified atom stereocenters. The van der Waals surface area contributed by atoms with Crippen molar-refractivity contribution in [3.63, 3.8) is 0 Å². The van der Waals surface area contributed by atoms with Gasteiger partial charge in [-0.05, 0) is 12.1 Å². The van der Waals surface area contributed by atoms with E-state index in [1.165, 1.54) is 0 Å². The maximum atomic E-state index is 5.28. The molecule has 0 heterocycles. The summed E-state index contributed by atoms with van der Waals surface area (Å²) in [6, 6.07) is 8.78. The number of para-hydroxylation sites is 1. The molecule has 3 nitrogen and oxygen atoms in total. The zero-order valence-electron chi connectivity index (χ0n) is 7.62. The highest BCUT2D eigenvalue weighted by atomic mass is 32.5. The Morgan fingerprint density at radius 2 is 1.60 bits per heavy atom. The van der Waals surface area contributed by atoms with Crippen molar-refractivity contribution in [3.05, 3.63) is 30.3 Å². The fourth-order valence-corrected chi connectivity index (χ4v) is 2.06. The van der Waals surface area contributed by atoms with Crippen LogP contribution in [0.4, 0.5) is 0 Å². The van der Waals surface area contributed by atoms with Crippen molar-refractivity contribution in [1.82, 2.24) is 0 Å². The maximum Gasteiger partial charge on any atom is 0.507 e. The number of benzene rings is 1. The van der Waals surface area contributed by atoms with E-state index in [9.17, 15) is 0 Å². The van der Waals surface area contributed by atoms with E-state index in [-0.39, 0.29) is 0 Å². The Kier molecular flexibility index (Phi) is 4.06. The first-order valence-corrected chi connectivity index (χ1v) is 6.39. The quantitative estimate of drug-likeness (QED) is 0.595. The summed E-state index contributed by atoms with van der Waals surface area (Å²) in [7, 11) is 0. The van der Waals surface area contributed by atoms with Crippen molar-refractivity contribution in [3.8, 4) is 30.8 Å². The van der Waals surface area contributed by atoms with Gasteiger partial charge in [-0.2, -0.15) is 0 Å². The van der Waals surface area contributed by atoms with Crippen LogP contribution in [0.2, 0.25) is 0 Å². The van der Waals surface area contributed by atoms with Crippen LogP contribution in [-0.2, 0) is 20.9 Å². The third-order valence-corrected chi connectivity index (χ3v) is 3.05. The Morgan fingerprint density at radius 3 is 2.07 bits per heavy atom. The molecular weight excluding hydrogens is 231 g/mol. The average molecular weight is 238 g/mol. The highest BCUT2D eigenvalue weighted by Gasteiger charge is 2.23. The van der Waals surface area contributed by atoms with Gasteiger partial charge in [0.2, 0.25) is 0 Å². The molecule has 0 saturated carbocycles. The molecule has 5 heteroatoms. The molecule has 0 bridgehead atoms. The number of rotatable bonds is 4. The summed E-state index contributed by atoms with van der Waals surface area (Å²) in [4.78, 5) is 0. The van der Waals surface area contributed by atoms with Gasteiger partial charge in [0.25, 0.3) is 0 Å². The molecule has 0 aliphatic heterocycles. The lowest BCUT2D eigenvalue weighted by atomic mass is 10.3. The third-order valence-electron chi connectivity index (χ3n) is 1.29. The zero-order valence-corrected chi connectivity index (χ0v) is 9.33. The van der Waals surface area contributed by atoms with Crippen LogP contribution in [-0.4, -0.2) is 0 Å². The van der Waals surface area contributed by atoms with E-state index in [1.807, 2.05) is 18.3 Å². The van der Waals surface area contributed by atoms with Gasteiger partial charge < -0.3 is 13.6 Å². The molecule has 0 N–H and O–H groups in total. The summed E-state index contributed by atoms with van der Waals surface area (Å²) in [5.74, 6) is 0.492. The second-order valence-electron chi connectivity index (χ2n) is 2.27. The fraction of sp³-hybridized carbons (Fsp3) is 0. The summed E-state index contributed by atoms with van der Waals surface area (Å²) in [6.07, 6.45) is 13.7. The van der Waals surface area contributed by atoms with Crippen LogP contribution >= 0.6 is 6.72 Å². The molecule has 1 aromatic carbocycles. The van der Waals surface area contributed by atoms with E-state index in [4.69, 9.17) is 38.2 Å². The largest absolute Gasteiger partial charge is 0.507 e. The lowest BCUT2D eigenvalue weighted by Gasteiger charge is -2.15. The molecule has 15 heavy (non-hydrogen) atoms. The highest BCUT2D eigenvalue weighted by Crippen LogP contribution is 2.49. The molecule has 0 aliphatic rings. The molecular formula is C10H7O3PS. The van der Waals surface area contributed by atoms with Gasteiger partial charge in [-0.15, -0.1) is 0 Å². The van der Waals surface area contributed by atoms with Crippen molar-refractivity contribution in [2.24, 2.45) is 0 Å². The molecule has 76 valence electrons. The van der Waals surface area contributed by atoms with Crippen LogP contribution in [0.25, 0.3) is 0 Å². The van der Waals surface area contributed by atoms with Crippen LogP contribution in [0, 0.1) is 25.1 Å². The molecule has 0 saturated heterocycles. The molecule has 0 amide bonds. The lowest BCUT2D eigenvalue weighted by Crippen LogP contribution is -1.95. The molecule has 0 aliphatic carbocycles. The summed E-state index contributed by atoms with van der Waals surface area (Å²) < 4.78 is 14.8. The summed E-state index contributed by atoms with van der Waals surface area (Å²) in [5, 5.41) is 0. The van der Waals surface area contributed by atoms with Gasteiger partial charge in [0.05, 0.1) is 0 Å². The van der Waals surface area contributed by atoms with Crippen molar-refractivity contribution < 1.29 is 13.6 Å². The molecule has 0 atom stereocenters. The molecule has 1 aromatic rings. The zero-order chi connectivity index (χ0) is 11.1. The number of hydrogen-bond acceptors (Lipinski definition) is 4. The first kappa shape index (κ1) is 11.5. The Hall–Kier alpha value is -1.61. The predicted octanol–water partition coefficient (Wildman–Crippen LogP) is 2.50. The van der Waals surface area contributed by atoms with E-state index in [2.05, 4.69) is 0 Å². The van der Waals surface area contributed by atoms with E-state index in [1.54, 1.807) is 24.3 Å². The van der Waals surface area contributed by atoms with Gasteiger partial charge in [-0.1, -0.05) is 31.0 Å². The summed E-state index contributed by atoms with van der Waals surface area (Å²) in [5.41, 5.74) is 0. The van der Waals surface area contributed by atoms with Crippen LogP contribution in [0.3, 0.4) is 0 Å². The highest BCUT2D eigenvalue weighted by molar-refractivity contribution is 8.07. The van der Waals surface area contributed by atoms with Crippen molar-refractivity contribution in [2.45, 2.75) is 0 Å². The average Bonchev–Trinajstić information content (AvgIpc) is 2.19. The van der Waals surface area contributed by atoms with Crippen LogP contribution in [0.5, 0.6) is 5.75 Å². The Bertz CT molecular complexity index is 424. The van der Waals surface area contributed by atoms with Crippen molar-refractivity contribution >= 4 is 18.5 Å². The summed E-state index contributed by atoms with van der Waals surface area (Å²) >= 11 is 4.94. The SMILES string of the molecule is C#COP(=S)(OC#C)Oc1ccccc1. The minimum atomic E-state index is -3.08. The molecule has 0 fully saturated rings. The topological polar surface area (TPSA) is 27.7 Å². The fourth-order valence-electron chi connectivity index (χ4n) is 0.795. The summed E-state index contributed by atoms with van der Waals surface area (Å²) in [6.45, 7) is -3.08. The first-order chi connectivity index (χ1) is 7.20. The normalized spacial score (nSPS) is 9.47. The second kappa shape index (κ2) is 5.32. The molecule has 1 rings (SSSR count). The van der Waals surface area contributed by atoms with Crippen LogP contribution in [0.15, 0.2) is 30.3 Å². The van der Waals surface area contributed by atoms with E-state index < -0.39 is 6.72 Å². The number of terminal acetylenes is 2. The van der Waals surface area contributed by atoms with Crippen LogP contribution in [0.1, 0.15) is 0 Å². The van der Waals surface area contributed by atoms with E-state index in [0.717, 1.165) is 0 Å².